The van der Waals surface area contributed by atoms with Crippen molar-refractivity contribution in [2.24, 2.45) is 0 Å². The molecule has 1 amide bonds. The third kappa shape index (κ3) is 2.81. The highest BCUT2D eigenvalue weighted by Gasteiger charge is 2.10. The fourth-order valence-corrected chi connectivity index (χ4v) is 1.41. The van der Waals surface area contributed by atoms with E-state index in [1.165, 1.54) is 18.3 Å². The van der Waals surface area contributed by atoms with Crippen LogP contribution in [0.3, 0.4) is 0 Å². The molecular weight excluding hydrogens is 262 g/mol. The predicted molar refractivity (Wildman–Crippen MR) is 63.6 cm³/mol. The van der Waals surface area contributed by atoms with Gasteiger partial charge >= 0.3 is 0 Å². The zero-order chi connectivity index (χ0) is 13.1. The first-order valence-corrected chi connectivity index (χ1v) is 5.32. The van der Waals surface area contributed by atoms with Gasteiger partial charge in [-0.25, -0.2) is 13.8 Å². The van der Waals surface area contributed by atoms with Gasteiger partial charge in [0.2, 0.25) is 0 Å². The summed E-state index contributed by atoms with van der Waals surface area (Å²) in [4.78, 5) is 15.4. The molecule has 6 heteroatoms. The van der Waals surface area contributed by atoms with Crippen LogP contribution in [0.15, 0.2) is 36.5 Å². The van der Waals surface area contributed by atoms with Crippen molar-refractivity contribution in [1.82, 2.24) is 4.98 Å². The van der Waals surface area contributed by atoms with E-state index < -0.39 is 17.5 Å². The van der Waals surface area contributed by atoms with Gasteiger partial charge in [-0.1, -0.05) is 11.6 Å². The van der Waals surface area contributed by atoms with Crippen molar-refractivity contribution in [3.63, 3.8) is 0 Å². The minimum atomic E-state index is -0.716. The number of carbonyl (C=O) groups is 1. The summed E-state index contributed by atoms with van der Waals surface area (Å²) in [5, 5.41) is 2.49. The molecular formula is C12H7ClF2N2O. The number of anilines is 1. The third-order valence-corrected chi connectivity index (χ3v) is 2.39. The smallest absolute Gasteiger partial charge is 0.257 e. The second-order valence-corrected chi connectivity index (χ2v) is 3.84. The van der Waals surface area contributed by atoms with Crippen molar-refractivity contribution in [3.8, 4) is 0 Å². The molecule has 1 aromatic heterocycles. The number of nitrogens with zero attached hydrogens (tertiary/aromatic N) is 1. The maximum atomic E-state index is 13.3. The van der Waals surface area contributed by atoms with Crippen LogP contribution >= 0.6 is 11.6 Å². The van der Waals surface area contributed by atoms with Gasteiger partial charge in [0.15, 0.2) is 0 Å². The monoisotopic (exact) mass is 268 g/mol. The first-order valence-electron chi connectivity index (χ1n) is 4.94. The fourth-order valence-electron chi connectivity index (χ4n) is 1.30. The molecule has 1 heterocycles. The number of hydrogen-bond donors (Lipinski definition) is 1. The lowest BCUT2D eigenvalue weighted by atomic mass is 10.2. The minimum Gasteiger partial charge on any atom is -0.319 e. The molecule has 92 valence electrons. The number of benzene rings is 1. The second-order valence-electron chi connectivity index (χ2n) is 3.45. The summed E-state index contributed by atoms with van der Waals surface area (Å²) in [6.07, 6.45) is 1.24. The largest absolute Gasteiger partial charge is 0.319 e. The van der Waals surface area contributed by atoms with Crippen LogP contribution in [0.5, 0.6) is 0 Å². The first-order chi connectivity index (χ1) is 8.56. The Morgan fingerprint density at radius 1 is 1.22 bits per heavy atom. The van der Waals surface area contributed by atoms with Gasteiger partial charge in [0.25, 0.3) is 5.91 Å². The van der Waals surface area contributed by atoms with E-state index in [1.54, 1.807) is 0 Å². The quantitative estimate of drug-likeness (QED) is 0.850. The van der Waals surface area contributed by atoms with Crippen LogP contribution in [0, 0.1) is 11.6 Å². The van der Waals surface area contributed by atoms with Gasteiger partial charge in [0.05, 0.1) is 11.3 Å². The van der Waals surface area contributed by atoms with Gasteiger partial charge in [0.1, 0.15) is 16.8 Å². The second kappa shape index (κ2) is 5.10. The number of amides is 1. The van der Waals surface area contributed by atoms with Crippen LogP contribution in [0.2, 0.25) is 5.15 Å². The van der Waals surface area contributed by atoms with Crippen molar-refractivity contribution in [2.45, 2.75) is 0 Å². The summed E-state index contributed by atoms with van der Waals surface area (Å²) >= 11 is 5.57. The zero-order valence-electron chi connectivity index (χ0n) is 8.95. The number of carbonyl (C=O) groups excluding carboxylic acids is 1. The van der Waals surface area contributed by atoms with Gasteiger partial charge in [-0.3, -0.25) is 4.79 Å². The van der Waals surface area contributed by atoms with Crippen LogP contribution in [0.1, 0.15) is 10.4 Å². The standard InChI is InChI=1S/C12H7ClF2N2O/c13-11-4-1-7(6-16-11)12(18)17-10-5-8(14)2-3-9(10)15/h1-6H,(H,17,18). The van der Waals surface area contributed by atoms with E-state index in [1.807, 2.05) is 0 Å². The van der Waals surface area contributed by atoms with Crippen molar-refractivity contribution >= 4 is 23.2 Å². The van der Waals surface area contributed by atoms with E-state index in [9.17, 15) is 13.6 Å². The Hall–Kier alpha value is -2.01. The van der Waals surface area contributed by atoms with Crippen LogP contribution in [0.4, 0.5) is 14.5 Å². The molecule has 1 aromatic carbocycles. The van der Waals surface area contributed by atoms with Crippen LogP contribution in [-0.2, 0) is 0 Å². The first kappa shape index (κ1) is 12.4. The normalized spacial score (nSPS) is 10.2. The molecule has 3 nitrogen and oxygen atoms in total. The lowest BCUT2D eigenvalue weighted by Gasteiger charge is -2.06. The Morgan fingerprint density at radius 3 is 2.67 bits per heavy atom. The number of nitrogens with one attached hydrogen (secondary N) is 1. The number of rotatable bonds is 2. The summed E-state index contributed by atoms with van der Waals surface area (Å²) in [5.41, 5.74) is -0.0296. The van der Waals surface area contributed by atoms with Crippen molar-refractivity contribution in [1.29, 1.82) is 0 Å². The minimum absolute atomic E-state index is 0.197. The Labute approximate surface area is 106 Å². The summed E-state index contributed by atoms with van der Waals surface area (Å²) in [5.74, 6) is -1.95. The van der Waals surface area contributed by atoms with Gasteiger partial charge < -0.3 is 5.32 Å². The van der Waals surface area contributed by atoms with E-state index in [2.05, 4.69) is 10.3 Å². The van der Waals surface area contributed by atoms with Crippen molar-refractivity contribution < 1.29 is 13.6 Å². The average Bonchev–Trinajstić information content (AvgIpc) is 2.34. The fraction of sp³-hybridized carbons (Fsp3) is 0. The highest BCUT2D eigenvalue weighted by Crippen LogP contribution is 2.16. The van der Waals surface area contributed by atoms with Gasteiger partial charge in [0, 0.05) is 12.3 Å². The molecule has 0 spiro atoms. The molecule has 0 fully saturated rings. The Bertz CT molecular complexity index is 587. The van der Waals surface area contributed by atoms with Gasteiger partial charge in [-0.2, -0.15) is 0 Å². The summed E-state index contributed by atoms with van der Waals surface area (Å²) < 4.78 is 26.2. The maximum Gasteiger partial charge on any atom is 0.257 e. The number of pyridine rings is 1. The van der Waals surface area contributed by atoms with Crippen molar-refractivity contribution in [2.75, 3.05) is 5.32 Å². The van der Waals surface area contributed by atoms with Crippen molar-refractivity contribution in [3.05, 3.63) is 58.9 Å². The van der Waals surface area contributed by atoms with Gasteiger partial charge in [-0.05, 0) is 24.3 Å². The van der Waals surface area contributed by atoms with Crippen LogP contribution < -0.4 is 5.32 Å². The predicted octanol–water partition coefficient (Wildman–Crippen LogP) is 3.27. The highest BCUT2D eigenvalue weighted by atomic mass is 35.5. The zero-order valence-corrected chi connectivity index (χ0v) is 9.71. The highest BCUT2D eigenvalue weighted by molar-refractivity contribution is 6.29. The molecule has 0 aliphatic carbocycles. The molecule has 2 rings (SSSR count). The molecule has 0 unspecified atom stereocenters. The molecule has 2 aromatic rings. The van der Waals surface area contributed by atoms with Crippen LogP contribution in [-0.4, -0.2) is 10.9 Å². The number of hydrogen-bond acceptors (Lipinski definition) is 2. The van der Waals surface area contributed by atoms with E-state index >= 15 is 0 Å². The summed E-state index contributed by atoms with van der Waals surface area (Å²) in [7, 11) is 0. The Morgan fingerprint density at radius 2 is 2.00 bits per heavy atom. The SMILES string of the molecule is O=C(Nc1cc(F)ccc1F)c1ccc(Cl)nc1. The molecule has 0 bridgehead atoms. The molecule has 0 aliphatic heterocycles. The topological polar surface area (TPSA) is 42.0 Å². The number of aromatic nitrogens is 1. The Kier molecular flexibility index (Phi) is 3.53. The average molecular weight is 269 g/mol. The molecule has 0 aliphatic rings. The molecule has 1 N–H and O–H groups in total. The third-order valence-electron chi connectivity index (χ3n) is 2.17. The molecule has 18 heavy (non-hydrogen) atoms. The summed E-state index contributed by atoms with van der Waals surface area (Å²) in [6, 6.07) is 5.66. The summed E-state index contributed by atoms with van der Waals surface area (Å²) in [6.45, 7) is 0. The van der Waals surface area contributed by atoms with E-state index in [0.29, 0.717) is 0 Å². The van der Waals surface area contributed by atoms with E-state index in [4.69, 9.17) is 11.6 Å². The lowest BCUT2D eigenvalue weighted by molar-refractivity contribution is 0.102. The molecule has 0 saturated heterocycles. The Balaban J connectivity index is 2.21. The van der Waals surface area contributed by atoms with E-state index in [0.717, 1.165) is 18.2 Å². The molecule has 0 saturated carbocycles. The number of halogens is 3. The molecule has 0 radical (unpaired) electrons. The van der Waals surface area contributed by atoms with Gasteiger partial charge in [-0.15, -0.1) is 0 Å². The van der Waals surface area contributed by atoms with Crippen LogP contribution in [0.25, 0.3) is 0 Å². The van der Waals surface area contributed by atoms with E-state index in [-0.39, 0.29) is 16.4 Å². The maximum absolute atomic E-state index is 13.3. The molecule has 0 atom stereocenters. The lowest BCUT2D eigenvalue weighted by Crippen LogP contribution is -2.13.